The quantitative estimate of drug-likeness (QED) is 0.423. The summed E-state index contributed by atoms with van der Waals surface area (Å²) in [4.78, 5) is 10.4. The average Bonchev–Trinajstić information content (AvgIpc) is 2.30. The zero-order valence-corrected chi connectivity index (χ0v) is 12.3. The predicted molar refractivity (Wildman–Crippen MR) is 78.6 cm³/mol. The molecule has 0 fully saturated rings. The summed E-state index contributed by atoms with van der Waals surface area (Å²) in [6.45, 7) is 2.24. The van der Waals surface area contributed by atoms with Crippen LogP contribution < -0.4 is 11.5 Å². The summed E-state index contributed by atoms with van der Waals surface area (Å²) in [6.07, 6.45) is 9.24. The number of rotatable bonds is 12. The highest BCUT2D eigenvalue weighted by Gasteiger charge is 2.05. The van der Waals surface area contributed by atoms with E-state index in [1.54, 1.807) is 11.8 Å². The fourth-order valence-electron chi connectivity index (χ4n) is 1.72. The number of unbranched alkanes of at least 4 members (excludes halogenated alkanes) is 7. The van der Waals surface area contributed by atoms with E-state index in [0.717, 1.165) is 5.75 Å². The van der Waals surface area contributed by atoms with Crippen molar-refractivity contribution >= 4 is 17.9 Å². The summed E-state index contributed by atoms with van der Waals surface area (Å²) >= 11 is 1.72. The van der Waals surface area contributed by atoms with E-state index in [-0.39, 0.29) is 0 Å². The topological polar surface area (TPSA) is 78.3 Å². The Balaban J connectivity index is 3.09. The minimum absolute atomic E-state index is 0.568. The third-order valence-corrected chi connectivity index (χ3v) is 3.83. The Bertz CT molecular complexity index is 203. The fourth-order valence-corrected chi connectivity index (χ4v) is 2.60. The van der Waals surface area contributed by atoms with Crippen molar-refractivity contribution < 1.29 is 9.53 Å². The number of carbonyl (C=O) groups is 1. The van der Waals surface area contributed by atoms with Gasteiger partial charge in [-0.1, -0.05) is 51.9 Å². The van der Waals surface area contributed by atoms with Crippen molar-refractivity contribution in [1.29, 1.82) is 0 Å². The van der Waals surface area contributed by atoms with Crippen LogP contribution in [0.3, 0.4) is 0 Å². The SMILES string of the molecule is CCCCCCCCCCSCC(N)OC(N)=O. The van der Waals surface area contributed by atoms with Crippen LogP contribution in [0.5, 0.6) is 0 Å². The fraction of sp³-hybridized carbons (Fsp3) is 0.923. The maximum atomic E-state index is 10.4. The minimum atomic E-state index is -0.796. The van der Waals surface area contributed by atoms with Crippen LogP contribution >= 0.6 is 11.8 Å². The van der Waals surface area contributed by atoms with Crippen molar-refractivity contribution in [2.24, 2.45) is 11.5 Å². The van der Waals surface area contributed by atoms with Crippen molar-refractivity contribution in [3.63, 3.8) is 0 Å². The molecule has 0 bridgehead atoms. The number of hydrogen-bond acceptors (Lipinski definition) is 4. The van der Waals surface area contributed by atoms with Crippen molar-refractivity contribution in [3.05, 3.63) is 0 Å². The molecule has 0 aliphatic rings. The van der Waals surface area contributed by atoms with Gasteiger partial charge in [0, 0.05) is 5.75 Å². The van der Waals surface area contributed by atoms with Crippen LogP contribution in [0, 0.1) is 0 Å². The molecule has 0 rings (SSSR count). The Morgan fingerprint density at radius 3 is 2.22 bits per heavy atom. The first kappa shape index (κ1) is 17.6. The lowest BCUT2D eigenvalue weighted by molar-refractivity contribution is 0.122. The van der Waals surface area contributed by atoms with Gasteiger partial charge in [0.15, 0.2) is 6.23 Å². The van der Waals surface area contributed by atoms with E-state index in [0.29, 0.717) is 5.75 Å². The van der Waals surface area contributed by atoms with E-state index in [9.17, 15) is 4.79 Å². The van der Waals surface area contributed by atoms with Gasteiger partial charge in [-0.05, 0) is 12.2 Å². The van der Waals surface area contributed by atoms with Crippen molar-refractivity contribution in [2.75, 3.05) is 11.5 Å². The Hall–Kier alpha value is -0.420. The number of hydrogen-bond donors (Lipinski definition) is 2. The van der Waals surface area contributed by atoms with Gasteiger partial charge in [0.1, 0.15) is 0 Å². The molecule has 0 radical (unpaired) electrons. The lowest BCUT2D eigenvalue weighted by Crippen LogP contribution is -2.32. The molecule has 1 unspecified atom stereocenters. The Kier molecular flexibility index (Phi) is 12.7. The molecule has 0 heterocycles. The van der Waals surface area contributed by atoms with E-state index < -0.39 is 12.3 Å². The first-order valence-corrected chi connectivity index (χ1v) is 8.11. The summed E-state index contributed by atoms with van der Waals surface area (Å²) in [5, 5.41) is 0. The molecule has 0 aromatic rings. The van der Waals surface area contributed by atoms with Gasteiger partial charge in [-0.3, -0.25) is 5.73 Å². The molecule has 0 saturated carbocycles. The third kappa shape index (κ3) is 13.6. The summed E-state index contributed by atoms with van der Waals surface area (Å²) < 4.78 is 4.63. The summed E-state index contributed by atoms with van der Waals surface area (Å²) in [6, 6.07) is 0. The zero-order chi connectivity index (χ0) is 13.6. The lowest BCUT2D eigenvalue weighted by atomic mass is 10.1. The number of thioether (sulfide) groups is 1. The molecule has 1 amide bonds. The highest BCUT2D eigenvalue weighted by atomic mass is 32.2. The van der Waals surface area contributed by atoms with Gasteiger partial charge in [-0.25, -0.2) is 4.79 Å². The molecule has 0 spiro atoms. The second-order valence-corrected chi connectivity index (χ2v) is 5.67. The molecular formula is C13H28N2O2S. The Labute approximate surface area is 115 Å². The molecular weight excluding hydrogens is 248 g/mol. The smallest absolute Gasteiger partial charge is 0.406 e. The van der Waals surface area contributed by atoms with Crippen LogP contribution in [0.25, 0.3) is 0 Å². The molecule has 4 nitrogen and oxygen atoms in total. The van der Waals surface area contributed by atoms with Gasteiger partial charge in [-0.15, -0.1) is 0 Å². The highest BCUT2D eigenvalue weighted by molar-refractivity contribution is 7.99. The van der Waals surface area contributed by atoms with Gasteiger partial charge in [-0.2, -0.15) is 11.8 Å². The van der Waals surface area contributed by atoms with Crippen LogP contribution in [0.2, 0.25) is 0 Å². The number of carbonyl (C=O) groups excluding carboxylic acids is 1. The summed E-state index contributed by atoms with van der Waals surface area (Å²) in [5.74, 6) is 1.70. The predicted octanol–water partition coefficient (Wildman–Crippen LogP) is 3.24. The Morgan fingerprint density at radius 1 is 1.11 bits per heavy atom. The molecule has 0 aliphatic heterocycles. The van der Waals surface area contributed by atoms with Crippen molar-refractivity contribution in [2.45, 2.75) is 64.5 Å². The second kappa shape index (κ2) is 13.0. The van der Waals surface area contributed by atoms with E-state index in [2.05, 4.69) is 11.7 Å². The van der Waals surface area contributed by atoms with Crippen LogP contribution in [0.15, 0.2) is 0 Å². The zero-order valence-electron chi connectivity index (χ0n) is 11.5. The van der Waals surface area contributed by atoms with Gasteiger partial charge in [0.25, 0.3) is 0 Å². The molecule has 4 N–H and O–H groups in total. The molecule has 5 heteroatoms. The molecule has 0 aromatic heterocycles. The lowest BCUT2D eigenvalue weighted by Gasteiger charge is -2.10. The molecule has 18 heavy (non-hydrogen) atoms. The van der Waals surface area contributed by atoms with Gasteiger partial charge < -0.3 is 10.5 Å². The maximum Gasteiger partial charge on any atom is 0.406 e. The van der Waals surface area contributed by atoms with Crippen LogP contribution in [-0.2, 0) is 4.74 Å². The minimum Gasteiger partial charge on any atom is -0.430 e. The first-order chi connectivity index (χ1) is 8.66. The third-order valence-electron chi connectivity index (χ3n) is 2.69. The highest BCUT2D eigenvalue weighted by Crippen LogP contribution is 2.11. The summed E-state index contributed by atoms with van der Waals surface area (Å²) in [7, 11) is 0. The van der Waals surface area contributed by atoms with Crippen molar-refractivity contribution in [3.8, 4) is 0 Å². The molecule has 1 atom stereocenters. The normalized spacial score (nSPS) is 12.3. The number of primary amides is 1. The monoisotopic (exact) mass is 276 g/mol. The van der Waals surface area contributed by atoms with Gasteiger partial charge in [0.05, 0.1) is 0 Å². The number of nitrogens with two attached hydrogens (primary N) is 2. The summed E-state index contributed by atoms with van der Waals surface area (Å²) in [5.41, 5.74) is 10.4. The first-order valence-electron chi connectivity index (χ1n) is 6.96. The average molecular weight is 276 g/mol. The maximum absolute atomic E-state index is 10.4. The van der Waals surface area contributed by atoms with Gasteiger partial charge in [0.2, 0.25) is 0 Å². The molecule has 0 aliphatic carbocycles. The molecule has 0 aromatic carbocycles. The van der Waals surface area contributed by atoms with Crippen LogP contribution in [0.1, 0.15) is 58.3 Å². The molecule has 108 valence electrons. The van der Waals surface area contributed by atoms with Gasteiger partial charge >= 0.3 is 6.09 Å². The largest absolute Gasteiger partial charge is 0.430 e. The van der Waals surface area contributed by atoms with E-state index in [4.69, 9.17) is 11.5 Å². The number of amides is 1. The second-order valence-electron chi connectivity index (χ2n) is 4.53. The molecule has 0 saturated heterocycles. The van der Waals surface area contributed by atoms with Crippen molar-refractivity contribution in [1.82, 2.24) is 0 Å². The van der Waals surface area contributed by atoms with Crippen LogP contribution in [0.4, 0.5) is 4.79 Å². The number of ether oxygens (including phenoxy) is 1. The van der Waals surface area contributed by atoms with E-state index in [1.165, 1.54) is 51.4 Å². The van der Waals surface area contributed by atoms with Crippen LogP contribution in [-0.4, -0.2) is 23.8 Å². The Morgan fingerprint density at radius 2 is 1.67 bits per heavy atom. The van der Waals surface area contributed by atoms with E-state index in [1.807, 2.05) is 0 Å². The van der Waals surface area contributed by atoms with E-state index >= 15 is 0 Å². The standard InChI is InChI=1S/C13H28N2O2S/c1-2-3-4-5-6-7-8-9-10-18-11-12(14)17-13(15)16/h12H,2-11,14H2,1H3,(H2,15,16).